The number of carbonyl (C=O) groups excluding carboxylic acids is 1. The number of amides is 2. The standard InChI is InChI=1S/C21H24N6O3/c1-13-11-18(24-21(29)22-12-14-7-9-15(30-2)10-8-14)27(26-13)20-23-17-6-4-3-5-16(17)19(28)25-20/h7-11H,3-6,12H2,1-2H3,(H2,22,24,29)(H,23,25,28). The van der Waals surface area contributed by atoms with E-state index in [1.807, 2.05) is 31.2 Å². The first-order chi connectivity index (χ1) is 14.5. The van der Waals surface area contributed by atoms with Gasteiger partial charge in [-0.1, -0.05) is 12.1 Å². The summed E-state index contributed by atoms with van der Waals surface area (Å²) in [6.07, 6.45) is 3.53. The summed E-state index contributed by atoms with van der Waals surface area (Å²) in [5, 5.41) is 9.98. The summed E-state index contributed by atoms with van der Waals surface area (Å²) < 4.78 is 6.59. The number of hydrogen-bond acceptors (Lipinski definition) is 5. The summed E-state index contributed by atoms with van der Waals surface area (Å²) in [6.45, 7) is 2.17. The van der Waals surface area contributed by atoms with Crippen LogP contribution < -0.4 is 20.9 Å². The summed E-state index contributed by atoms with van der Waals surface area (Å²) in [7, 11) is 1.61. The van der Waals surface area contributed by atoms with Crippen LogP contribution in [0.1, 0.15) is 35.4 Å². The number of aromatic amines is 1. The number of nitrogens with one attached hydrogen (secondary N) is 3. The zero-order valence-electron chi connectivity index (χ0n) is 17.0. The van der Waals surface area contributed by atoms with E-state index >= 15 is 0 Å². The van der Waals surface area contributed by atoms with Gasteiger partial charge in [0.15, 0.2) is 0 Å². The Labute approximate surface area is 173 Å². The van der Waals surface area contributed by atoms with Crippen LogP contribution in [0, 0.1) is 6.92 Å². The van der Waals surface area contributed by atoms with Crippen molar-refractivity contribution in [2.75, 3.05) is 12.4 Å². The fourth-order valence-corrected chi connectivity index (χ4v) is 3.53. The number of aryl methyl sites for hydroxylation is 2. The van der Waals surface area contributed by atoms with E-state index in [0.717, 1.165) is 48.3 Å². The summed E-state index contributed by atoms with van der Waals surface area (Å²) in [5.41, 5.74) is 3.05. The Morgan fingerprint density at radius 1 is 1.23 bits per heavy atom. The molecule has 2 amide bonds. The lowest BCUT2D eigenvalue weighted by Crippen LogP contribution is -2.30. The van der Waals surface area contributed by atoms with Gasteiger partial charge < -0.3 is 10.1 Å². The molecule has 9 heteroatoms. The molecular weight excluding hydrogens is 384 g/mol. The van der Waals surface area contributed by atoms with Gasteiger partial charge in [-0.3, -0.25) is 15.1 Å². The molecule has 0 spiro atoms. The van der Waals surface area contributed by atoms with E-state index in [2.05, 4.69) is 25.7 Å². The molecule has 0 bridgehead atoms. The minimum absolute atomic E-state index is 0.141. The van der Waals surface area contributed by atoms with Crippen molar-refractivity contribution in [2.24, 2.45) is 0 Å². The third kappa shape index (κ3) is 4.19. The SMILES string of the molecule is COc1ccc(CNC(=O)Nc2cc(C)nn2-c2nc3c(c(=O)[nH]2)CCCC3)cc1. The molecule has 0 radical (unpaired) electrons. The Morgan fingerprint density at radius 3 is 2.77 bits per heavy atom. The molecule has 0 unspecified atom stereocenters. The number of H-pyrrole nitrogens is 1. The number of carbonyl (C=O) groups is 1. The molecule has 3 aromatic rings. The Balaban J connectivity index is 1.50. The number of methoxy groups -OCH3 is 1. The predicted molar refractivity (Wildman–Crippen MR) is 112 cm³/mol. The number of hydrogen-bond donors (Lipinski definition) is 3. The van der Waals surface area contributed by atoms with Crippen molar-refractivity contribution in [3.8, 4) is 11.7 Å². The number of benzene rings is 1. The molecule has 0 saturated carbocycles. The number of urea groups is 1. The van der Waals surface area contributed by atoms with Crippen LogP contribution in [0.3, 0.4) is 0 Å². The predicted octanol–water partition coefficient (Wildman–Crippen LogP) is 2.47. The Kier molecular flexibility index (Phi) is 5.51. The first kappa shape index (κ1) is 19.7. The monoisotopic (exact) mass is 408 g/mol. The molecule has 2 heterocycles. The normalized spacial score (nSPS) is 12.9. The highest BCUT2D eigenvalue weighted by Gasteiger charge is 2.18. The molecule has 0 fully saturated rings. The van der Waals surface area contributed by atoms with Crippen LogP contribution in [0.5, 0.6) is 5.75 Å². The molecule has 0 atom stereocenters. The molecule has 1 aliphatic rings. The summed E-state index contributed by atoms with van der Waals surface area (Å²) in [4.78, 5) is 32.3. The molecule has 0 saturated heterocycles. The van der Waals surface area contributed by atoms with Crippen molar-refractivity contribution in [3.63, 3.8) is 0 Å². The topological polar surface area (TPSA) is 114 Å². The van der Waals surface area contributed by atoms with Gasteiger partial charge in [0.1, 0.15) is 11.6 Å². The third-order valence-corrected chi connectivity index (χ3v) is 5.06. The number of anilines is 1. The molecule has 0 aliphatic heterocycles. The lowest BCUT2D eigenvalue weighted by atomic mass is 9.97. The maximum atomic E-state index is 12.5. The minimum Gasteiger partial charge on any atom is -0.497 e. The molecular formula is C21H24N6O3. The number of nitrogens with zero attached hydrogens (tertiary/aromatic N) is 3. The fraction of sp³-hybridized carbons (Fsp3) is 0.333. The number of aromatic nitrogens is 4. The van der Waals surface area contributed by atoms with Gasteiger partial charge in [0, 0.05) is 18.2 Å². The maximum absolute atomic E-state index is 12.5. The molecule has 9 nitrogen and oxygen atoms in total. The molecule has 30 heavy (non-hydrogen) atoms. The van der Waals surface area contributed by atoms with E-state index < -0.39 is 0 Å². The summed E-state index contributed by atoms with van der Waals surface area (Å²) in [5.74, 6) is 1.49. The second kappa shape index (κ2) is 8.40. The molecule has 3 N–H and O–H groups in total. The minimum atomic E-state index is -0.382. The zero-order chi connectivity index (χ0) is 21.1. The average Bonchev–Trinajstić information content (AvgIpc) is 3.12. The van der Waals surface area contributed by atoms with Crippen molar-refractivity contribution in [1.82, 2.24) is 25.1 Å². The first-order valence-electron chi connectivity index (χ1n) is 9.90. The lowest BCUT2D eigenvalue weighted by Gasteiger charge is -2.15. The van der Waals surface area contributed by atoms with Crippen LogP contribution in [0.15, 0.2) is 35.1 Å². The largest absolute Gasteiger partial charge is 0.497 e. The highest BCUT2D eigenvalue weighted by Crippen LogP contribution is 2.19. The van der Waals surface area contributed by atoms with Crippen molar-refractivity contribution >= 4 is 11.8 Å². The maximum Gasteiger partial charge on any atom is 0.320 e. The van der Waals surface area contributed by atoms with Gasteiger partial charge >= 0.3 is 6.03 Å². The van der Waals surface area contributed by atoms with E-state index in [0.29, 0.717) is 24.0 Å². The van der Waals surface area contributed by atoms with E-state index in [-0.39, 0.29) is 11.6 Å². The van der Waals surface area contributed by atoms with Gasteiger partial charge in [-0.05, 0) is 50.3 Å². The summed E-state index contributed by atoms with van der Waals surface area (Å²) in [6, 6.07) is 8.79. The summed E-state index contributed by atoms with van der Waals surface area (Å²) >= 11 is 0. The van der Waals surface area contributed by atoms with Crippen LogP contribution in [0.4, 0.5) is 10.6 Å². The Hall–Kier alpha value is -3.62. The number of fused-ring (bicyclic) bond motifs is 1. The van der Waals surface area contributed by atoms with Crippen molar-refractivity contribution in [2.45, 2.75) is 39.2 Å². The Morgan fingerprint density at radius 2 is 2.00 bits per heavy atom. The Bertz CT molecular complexity index is 1120. The van der Waals surface area contributed by atoms with Gasteiger partial charge in [0.05, 0.1) is 18.5 Å². The van der Waals surface area contributed by atoms with Crippen LogP contribution in [-0.4, -0.2) is 32.9 Å². The molecule has 156 valence electrons. The molecule has 4 rings (SSSR count). The smallest absolute Gasteiger partial charge is 0.320 e. The van der Waals surface area contributed by atoms with Gasteiger partial charge in [-0.25, -0.2) is 9.78 Å². The number of rotatable bonds is 5. The van der Waals surface area contributed by atoms with Gasteiger partial charge in [0.2, 0.25) is 5.95 Å². The fourth-order valence-electron chi connectivity index (χ4n) is 3.53. The van der Waals surface area contributed by atoms with Crippen molar-refractivity contribution in [1.29, 1.82) is 0 Å². The quantitative estimate of drug-likeness (QED) is 0.600. The van der Waals surface area contributed by atoms with Crippen LogP contribution in [0.25, 0.3) is 5.95 Å². The lowest BCUT2D eigenvalue weighted by molar-refractivity contribution is 0.251. The molecule has 1 aliphatic carbocycles. The molecule has 2 aromatic heterocycles. The third-order valence-electron chi connectivity index (χ3n) is 5.06. The van der Waals surface area contributed by atoms with Gasteiger partial charge in [0.25, 0.3) is 5.56 Å². The van der Waals surface area contributed by atoms with Crippen molar-refractivity contribution in [3.05, 3.63) is 63.2 Å². The second-order valence-electron chi connectivity index (χ2n) is 7.26. The van der Waals surface area contributed by atoms with Crippen LogP contribution >= 0.6 is 0 Å². The highest BCUT2D eigenvalue weighted by molar-refractivity contribution is 5.88. The van der Waals surface area contributed by atoms with Crippen LogP contribution in [0.2, 0.25) is 0 Å². The van der Waals surface area contributed by atoms with E-state index in [9.17, 15) is 9.59 Å². The second-order valence-corrected chi connectivity index (χ2v) is 7.26. The molecule has 1 aromatic carbocycles. The average molecular weight is 408 g/mol. The zero-order valence-corrected chi connectivity index (χ0v) is 17.0. The van der Waals surface area contributed by atoms with Gasteiger partial charge in [-0.2, -0.15) is 9.78 Å². The van der Waals surface area contributed by atoms with Gasteiger partial charge in [-0.15, -0.1) is 0 Å². The number of ether oxygens (including phenoxy) is 1. The van der Waals surface area contributed by atoms with E-state index in [1.54, 1.807) is 13.2 Å². The first-order valence-corrected chi connectivity index (χ1v) is 9.90. The van der Waals surface area contributed by atoms with Crippen molar-refractivity contribution < 1.29 is 9.53 Å². The van der Waals surface area contributed by atoms with E-state index in [4.69, 9.17) is 4.74 Å². The highest BCUT2D eigenvalue weighted by atomic mass is 16.5. The van der Waals surface area contributed by atoms with Crippen LogP contribution in [-0.2, 0) is 19.4 Å². The van der Waals surface area contributed by atoms with E-state index in [1.165, 1.54) is 4.68 Å².